The topological polar surface area (TPSA) is 63.2 Å². The molecule has 130 valence electrons. The zero-order valence-corrected chi connectivity index (χ0v) is 14.7. The third-order valence-corrected chi connectivity index (χ3v) is 4.83. The molecule has 1 atom stereocenters. The Hall–Kier alpha value is -1.92. The van der Waals surface area contributed by atoms with E-state index in [9.17, 15) is 0 Å². The summed E-state index contributed by atoms with van der Waals surface area (Å²) in [5.41, 5.74) is 7.15. The van der Waals surface area contributed by atoms with Gasteiger partial charge in [0.1, 0.15) is 11.6 Å². The number of aromatic nitrogens is 3. The molecule has 0 aliphatic carbocycles. The molecule has 1 aliphatic rings. The lowest BCUT2D eigenvalue weighted by molar-refractivity contribution is 0.202. The molecule has 0 bridgehead atoms. The Morgan fingerprint density at radius 3 is 2.92 bits per heavy atom. The second-order valence-electron chi connectivity index (χ2n) is 6.86. The maximum absolute atomic E-state index is 5.75. The van der Waals surface area contributed by atoms with Crippen molar-refractivity contribution >= 4 is 5.82 Å². The largest absolute Gasteiger partial charge is 0.384 e. The molecule has 24 heavy (non-hydrogen) atoms. The lowest BCUT2D eigenvalue weighted by Gasteiger charge is -2.26. The smallest absolute Gasteiger partial charge is 0.144 e. The van der Waals surface area contributed by atoms with Gasteiger partial charge in [0.2, 0.25) is 0 Å². The standard InChI is InChI=1S/C18H28N6/c1-22-10-6-15(12-22)13-24-9-3-4-16(7-11-24)23(2)14-18-20-8-5-17(19)21-18/h5-6,8,10,12,16H,3-4,7,9,11,13-14H2,1-2H3,(H2,19,20,21)/t16-/m0/s1. The summed E-state index contributed by atoms with van der Waals surface area (Å²) in [5.74, 6) is 1.35. The highest BCUT2D eigenvalue weighted by Crippen LogP contribution is 2.19. The van der Waals surface area contributed by atoms with Crippen LogP contribution in [0.25, 0.3) is 0 Å². The average Bonchev–Trinajstić information content (AvgIpc) is 2.81. The molecule has 0 saturated carbocycles. The SMILES string of the molecule is CN(Cc1nccc(N)n1)[C@H]1CCCN(Cc2ccn(C)c2)CC1. The molecule has 1 saturated heterocycles. The molecule has 3 rings (SSSR count). The highest BCUT2D eigenvalue weighted by atomic mass is 15.2. The summed E-state index contributed by atoms with van der Waals surface area (Å²) in [6.45, 7) is 4.12. The van der Waals surface area contributed by atoms with E-state index >= 15 is 0 Å². The molecule has 1 fully saturated rings. The summed E-state index contributed by atoms with van der Waals surface area (Å²) in [6, 6.07) is 4.53. The Balaban J connectivity index is 1.52. The van der Waals surface area contributed by atoms with Crippen LogP contribution in [-0.4, -0.2) is 50.5 Å². The van der Waals surface area contributed by atoms with Crippen LogP contribution in [0.2, 0.25) is 0 Å². The lowest BCUT2D eigenvalue weighted by atomic mass is 10.1. The van der Waals surface area contributed by atoms with Crippen LogP contribution in [0, 0.1) is 0 Å². The number of anilines is 1. The van der Waals surface area contributed by atoms with E-state index in [2.05, 4.69) is 56.9 Å². The van der Waals surface area contributed by atoms with Crippen LogP contribution in [0.5, 0.6) is 0 Å². The lowest BCUT2D eigenvalue weighted by Crippen LogP contribution is -2.33. The molecular weight excluding hydrogens is 300 g/mol. The zero-order valence-electron chi connectivity index (χ0n) is 14.7. The average molecular weight is 328 g/mol. The van der Waals surface area contributed by atoms with Crippen LogP contribution in [0.4, 0.5) is 5.82 Å². The van der Waals surface area contributed by atoms with Crippen molar-refractivity contribution in [2.24, 2.45) is 7.05 Å². The molecule has 6 nitrogen and oxygen atoms in total. The van der Waals surface area contributed by atoms with Crippen molar-refractivity contribution in [3.8, 4) is 0 Å². The fourth-order valence-electron chi connectivity index (χ4n) is 3.49. The van der Waals surface area contributed by atoms with E-state index in [0.29, 0.717) is 11.9 Å². The first-order chi connectivity index (χ1) is 11.6. The van der Waals surface area contributed by atoms with Crippen LogP contribution in [0.15, 0.2) is 30.7 Å². The van der Waals surface area contributed by atoms with Crippen molar-refractivity contribution in [3.05, 3.63) is 42.1 Å². The number of likely N-dealkylation sites (tertiary alicyclic amines) is 1. The normalized spacial score (nSPS) is 19.5. The Morgan fingerprint density at radius 1 is 1.29 bits per heavy atom. The van der Waals surface area contributed by atoms with Crippen molar-refractivity contribution in [2.45, 2.75) is 38.4 Å². The summed E-state index contributed by atoms with van der Waals surface area (Å²) in [4.78, 5) is 13.6. The molecule has 0 unspecified atom stereocenters. The Labute approximate surface area is 144 Å². The summed E-state index contributed by atoms with van der Waals surface area (Å²) < 4.78 is 2.12. The minimum absolute atomic E-state index is 0.545. The first-order valence-corrected chi connectivity index (χ1v) is 8.71. The van der Waals surface area contributed by atoms with Crippen LogP contribution in [0.1, 0.15) is 30.7 Å². The van der Waals surface area contributed by atoms with E-state index in [1.54, 1.807) is 12.3 Å². The Bertz CT molecular complexity index is 652. The summed E-state index contributed by atoms with van der Waals surface area (Å²) in [5, 5.41) is 0. The van der Waals surface area contributed by atoms with Gasteiger partial charge in [-0.15, -0.1) is 0 Å². The Morgan fingerprint density at radius 2 is 2.17 bits per heavy atom. The fraction of sp³-hybridized carbons (Fsp3) is 0.556. The number of nitrogens with zero attached hydrogens (tertiary/aromatic N) is 5. The molecule has 2 aromatic heterocycles. The van der Waals surface area contributed by atoms with Gasteiger partial charge in [0.05, 0.1) is 6.54 Å². The van der Waals surface area contributed by atoms with Crippen molar-refractivity contribution in [1.29, 1.82) is 0 Å². The quantitative estimate of drug-likeness (QED) is 0.908. The van der Waals surface area contributed by atoms with Crippen LogP contribution >= 0.6 is 0 Å². The second-order valence-corrected chi connectivity index (χ2v) is 6.86. The highest BCUT2D eigenvalue weighted by molar-refractivity contribution is 5.24. The highest BCUT2D eigenvalue weighted by Gasteiger charge is 2.21. The summed E-state index contributed by atoms with van der Waals surface area (Å²) in [6.07, 6.45) is 9.72. The third kappa shape index (κ3) is 4.55. The van der Waals surface area contributed by atoms with Gasteiger partial charge in [-0.2, -0.15) is 0 Å². The number of aryl methyl sites for hydroxylation is 1. The predicted octanol–water partition coefficient (Wildman–Crippen LogP) is 1.88. The first-order valence-electron chi connectivity index (χ1n) is 8.71. The molecule has 0 spiro atoms. The fourth-order valence-corrected chi connectivity index (χ4v) is 3.49. The van der Waals surface area contributed by atoms with Crippen molar-refractivity contribution in [2.75, 3.05) is 25.9 Å². The molecule has 0 aromatic carbocycles. The van der Waals surface area contributed by atoms with Gasteiger partial charge >= 0.3 is 0 Å². The number of rotatable bonds is 5. The van der Waals surface area contributed by atoms with Gasteiger partial charge in [0, 0.05) is 38.2 Å². The molecule has 2 N–H and O–H groups in total. The van der Waals surface area contributed by atoms with Crippen molar-refractivity contribution in [1.82, 2.24) is 24.3 Å². The molecule has 1 aliphatic heterocycles. The van der Waals surface area contributed by atoms with Gasteiger partial charge < -0.3 is 10.3 Å². The maximum Gasteiger partial charge on any atom is 0.144 e. The van der Waals surface area contributed by atoms with Gasteiger partial charge in [-0.3, -0.25) is 9.80 Å². The summed E-state index contributed by atoms with van der Waals surface area (Å²) >= 11 is 0. The first kappa shape index (κ1) is 16.9. The van der Waals surface area contributed by atoms with Crippen LogP contribution < -0.4 is 5.73 Å². The number of nitrogens with two attached hydrogens (primary N) is 1. The monoisotopic (exact) mass is 328 g/mol. The van der Waals surface area contributed by atoms with Gasteiger partial charge in [0.15, 0.2) is 0 Å². The van der Waals surface area contributed by atoms with E-state index in [-0.39, 0.29) is 0 Å². The molecule has 2 aromatic rings. The van der Waals surface area contributed by atoms with E-state index in [0.717, 1.165) is 25.5 Å². The van der Waals surface area contributed by atoms with E-state index in [4.69, 9.17) is 5.73 Å². The van der Waals surface area contributed by atoms with E-state index < -0.39 is 0 Å². The molecule has 3 heterocycles. The number of hydrogen-bond donors (Lipinski definition) is 1. The number of nitrogen functional groups attached to an aromatic ring is 1. The minimum Gasteiger partial charge on any atom is -0.384 e. The molecule has 0 amide bonds. The molecule has 0 radical (unpaired) electrons. The van der Waals surface area contributed by atoms with Gasteiger partial charge in [-0.25, -0.2) is 9.97 Å². The minimum atomic E-state index is 0.545. The van der Waals surface area contributed by atoms with Gasteiger partial charge in [-0.05, 0) is 57.1 Å². The maximum atomic E-state index is 5.75. The summed E-state index contributed by atoms with van der Waals surface area (Å²) in [7, 11) is 4.25. The number of hydrogen-bond acceptors (Lipinski definition) is 5. The Kier molecular flexibility index (Phi) is 5.48. The van der Waals surface area contributed by atoms with E-state index in [1.165, 1.54) is 31.4 Å². The van der Waals surface area contributed by atoms with Crippen LogP contribution in [0.3, 0.4) is 0 Å². The second kappa shape index (κ2) is 7.77. The zero-order chi connectivity index (χ0) is 16.9. The van der Waals surface area contributed by atoms with Gasteiger partial charge in [-0.1, -0.05) is 0 Å². The predicted molar refractivity (Wildman–Crippen MR) is 96.2 cm³/mol. The third-order valence-electron chi connectivity index (χ3n) is 4.83. The molecular formula is C18H28N6. The van der Waals surface area contributed by atoms with Gasteiger partial charge in [0.25, 0.3) is 0 Å². The van der Waals surface area contributed by atoms with E-state index in [1.807, 2.05) is 0 Å². The molecule has 6 heteroatoms. The van der Waals surface area contributed by atoms with Crippen molar-refractivity contribution < 1.29 is 0 Å². The van der Waals surface area contributed by atoms with Crippen LogP contribution in [-0.2, 0) is 20.1 Å². The van der Waals surface area contributed by atoms with Crippen molar-refractivity contribution in [3.63, 3.8) is 0 Å².